The van der Waals surface area contributed by atoms with E-state index < -0.39 is 0 Å². The lowest BCUT2D eigenvalue weighted by Crippen LogP contribution is -3.00. The second-order valence-electron chi connectivity index (χ2n) is 4.81. The van der Waals surface area contributed by atoms with Gasteiger partial charge in [-0.15, -0.1) is 0 Å². The van der Waals surface area contributed by atoms with Crippen molar-refractivity contribution in [3.8, 4) is 0 Å². The molecule has 0 aromatic rings. The Labute approximate surface area is 109 Å². The third-order valence-electron chi connectivity index (χ3n) is 3.75. The van der Waals surface area contributed by atoms with Crippen molar-refractivity contribution in [3.63, 3.8) is 0 Å². The molecule has 0 bridgehead atoms. The normalized spacial score (nSPS) is 32.4. The van der Waals surface area contributed by atoms with Crippen LogP contribution in [0.25, 0.3) is 0 Å². The van der Waals surface area contributed by atoms with Crippen LogP contribution in [0.1, 0.15) is 45.4 Å². The van der Waals surface area contributed by atoms with Gasteiger partial charge in [-0.25, -0.2) is 0 Å². The van der Waals surface area contributed by atoms with E-state index in [-0.39, 0.29) is 24.0 Å². The topological polar surface area (TPSA) is 0 Å². The van der Waals surface area contributed by atoms with Gasteiger partial charge in [0, 0.05) is 11.8 Å². The van der Waals surface area contributed by atoms with Crippen molar-refractivity contribution < 1.29 is 24.0 Å². The van der Waals surface area contributed by atoms with Gasteiger partial charge in [-0.3, -0.25) is 0 Å². The van der Waals surface area contributed by atoms with E-state index in [1.54, 1.807) is 30.1 Å². The maximum atomic E-state index is 2.33. The van der Waals surface area contributed by atoms with Gasteiger partial charge in [-0.1, -0.05) is 26.2 Å². The quantitative estimate of drug-likeness (QED) is 0.515. The van der Waals surface area contributed by atoms with Crippen LogP contribution in [0, 0.1) is 11.8 Å². The minimum atomic E-state index is 0. The van der Waals surface area contributed by atoms with Crippen LogP contribution < -0.4 is 24.0 Å². The van der Waals surface area contributed by atoms with Gasteiger partial charge in [0.15, 0.2) is 0 Å². The van der Waals surface area contributed by atoms with E-state index in [0.29, 0.717) is 0 Å². The minimum absolute atomic E-state index is 0. The van der Waals surface area contributed by atoms with Crippen molar-refractivity contribution in [2.75, 3.05) is 17.3 Å². The molecule has 1 saturated carbocycles. The van der Waals surface area contributed by atoms with Crippen molar-refractivity contribution in [3.05, 3.63) is 0 Å². The molecule has 0 spiro atoms. The molecule has 0 aromatic heterocycles. The molecular weight excluding hydrogens is 303 g/mol. The van der Waals surface area contributed by atoms with Crippen LogP contribution in [0.3, 0.4) is 0 Å². The van der Waals surface area contributed by atoms with E-state index in [9.17, 15) is 0 Å². The number of hydrogen-bond donors (Lipinski definition) is 0. The Bertz CT molecular complexity index is 146. The van der Waals surface area contributed by atoms with Crippen LogP contribution in [0.5, 0.6) is 0 Å². The molecule has 0 nitrogen and oxygen atoms in total. The van der Waals surface area contributed by atoms with E-state index in [1.165, 1.54) is 25.7 Å². The molecule has 0 unspecified atom stereocenters. The molecule has 2 rings (SSSR count). The van der Waals surface area contributed by atoms with E-state index in [0.717, 1.165) is 22.7 Å². The molecule has 1 heterocycles. The molecular formula is C12H23IS. The molecule has 1 aliphatic heterocycles. The Morgan fingerprint density at radius 3 is 2.14 bits per heavy atom. The Morgan fingerprint density at radius 1 is 1.07 bits per heavy atom. The summed E-state index contributed by atoms with van der Waals surface area (Å²) in [6.45, 7) is 2.33. The highest BCUT2D eigenvalue weighted by molar-refractivity contribution is 7.97. The van der Waals surface area contributed by atoms with Gasteiger partial charge in [0.1, 0.15) is 17.3 Å². The summed E-state index contributed by atoms with van der Waals surface area (Å²) in [5.41, 5.74) is 0. The number of fused-ring (bicyclic) bond motifs is 1. The molecule has 0 radical (unpaired) electrons. The highest BCUT2D eigenvalue weighted by atomic mass is 127. The summed E-state index contributed by atoms with van der Waals surface area (Å²) >= 11 is 0. The molecule has 1 saturated heterocycles. The third-order valence-corrected chi connectivity index (χ3v) is 6.42. The molecule has 1 aliphatic carbocycles. The fraction of sp³-hybridized carbons (Fsp3) is 1.00. The van der Waals surface area contributed by atoms with E-state index in [4.69, 9.17) is 0 Å². The van der Waals surface area contributed by atoms with Crippen molar-refractivity contribution in [1.82, 2.24) is 0 Å². The van der Waals surface area contributed by atoms with Gasteiger partial charge in [0.2, 0.25) is 0 Å². The largest absolute Gasteiger partial charge is 1.00 e. The minimum Gasteiger partial charge on any atom is -1.00 e. The fourth-order valence-corrected chi connectivity index (χ4v) is 6.17. The number of unbranched alkanes of at least 4 members (excludes halogenated alkanes) is 1. The van der Waals surface area contributed by atoms with Crippen LogP contribution in [0.4, 0.5) is 0 Å². The number of hydrogen-bond acceptors (Lipinski definition) is 0. The maximum Gasteiger partial charge on any atom is 0.111 e. The second-order valence-corrected chi connectivity index (χ2v) is 7.11. The molecule has 0 N–H and O–H groups in total. The molecule has 2 atom stereocenters. The molecule has 14 heavy (non-hydrogen) atoms. The van der Waals surface area contributed by atoms with Gasteiger partial charge in [-0.2, -0.15) is 0 Å². The van der Waals surface area contributed by atoms with Gasteiger partial charge in [0.05, 0.1) is 0 Å². The Hall–Kier alpha value is 1.08. The van der Waals surface area contributed by atoms with Crippen molar-refractivity contribution >= 4 is 10.9 Å². The van der Waals surface area contributed by atoms with Gasteiger partial charge in [-0.05, 0) is 30.2 Å². The first-order valence-corrected chi connectivity index (χ1v) is 7.77. The summed E-state index contributed by atoms with van der Waals surface area (Å²) in [6.07, 6.45) is 9.10. The SMILES string of the molecule is CCCC[S+]1C[C@@H]2CCCC[C@H]2C1.[I-]. The summed E-state index contributed by atoms with van der Waals surface area (Å²) in [5, 5.41) is 0. The van der Waals surface area contributed by atoms with Gasteiger partial charge < -0.3 is 24.0 Å². The van der Waals surface area contributed by atoms with Crippen molar-refractivity contribution in [1.29, 1.82) is 0 Å². The van der Waals surface area contributed by atoms with Gasteiger partial charge in [0.25, 0.3) is 0 Å². The Kier molecular flexibility index (Phi) is 6.21. The van der Waals surface area contributed by atoms with Crippen molar-refractivity contribution in [2.45, 2.75) is 45.4 Å². The standard InChI is InChI=1S/C12H23S.HI/c1-2-3-8-13-9-11-6-4-5-7-12(11)10-13;/h11-12H,2-10H2,1H3;1H/q+1;/p-1/t11-,12-;/m0./s1. The first-order chi connectivity index (χ1) is 6.40. The summed E-state index contributed by atoms with van der Waals surface area (Å²) in [5.74, 6) is 7.11. The lowest BCUT2D eigenvalue weighted by Gasteiger charge is -2.20. The number of halogens is 1. The average molecular weight is 326 g/mol. The first kappa shape index (κ1) is 13.1. The van der Waals surface area contributed by atoms with Crippen LogP contribution in [-0.4, -0.2) is 17.3 Å². The third kappa shape index (κ3) is 3.29. The monoisotopic (exact) mass is 326 g/mol. The van der Waals surface area contributed by atoms with E-state index in [2.05, 4.69) is 6.92 Å². The molecule has 0 amide bonds. The zero-order chi connectivity index (χ0) is 9.10. The Morgan fingerprint density at radius 2 is 1.64 bits per heavy atom. The van der Waals surface area contributed by atoms with Crippen LogP contribution >= 0.6 is 0 Å². The summed E-state index contributed by atoms with van der Waals surface area (Å²) < 4.78 is 0. The van der Waals surface area contributed by atoms with Crippen LogP contribution in [0.15, 0.2) is 0 Å². The summed E-state index contributed by atoms with van der Waals surface area (Å²) in [4.78, 5) is 0. The molecule has 2 aliphatic rings. The number of rotatable bonds is 3. The average Bonchev–Trinajstić information content (AvgIpc) is 2.57. The summed E-state index contributed by atoms with van der Waals surface area (Å²) in [7, 11) is 0.853. The zero-order valence-electron chi connectivity index (χ0n) is 9.30. The lowest BCUT2D eigenvalue weighted by molar-refractivity contribution is -0.00000284. The highest BCUT2D eigenvalue weighted by Crippen LogP contribution is 2.38. The predicted molar refractivity (Wildman–Crippen MR) is 62.3 cm³/mol. The molecule has 2 heteroatoms. The molecule has 84 valence electrons. The smallest absolute Gasteiger partial charge is 0.111 e. The van der Waals surface area contributed by atoms with Gasteiger partial charge >= 0.3 is 0 Å². The highest BCUT2D eigenvalue weighted by Gasteiger charge is 2.41. The predicted octanol–water partition coefficient (Wildman–Crippen LogP) is 0.229. The fourth-order valence-electron chi connectivity index (χ4n) is 2.91. The second kappa shape index (κ2) is 6.62. The zero-order valence-corrected chi connectivity index (χ0v) is 12.3. The molecule has 2 fully saturated rings. The van der Waals surface area contributed by atoms with Crippen molar-refractivity contribution in [2.24, 2.45) is 11.8 Å². The van der Waals surface area contributed by atoms with Crippen LogP contribution in [0.2, 0.25) is 0 Å². The molecule has 0 aromatic carbocycles. The van der Waals surface area contributed by atoms with Crippen LogP contribution in [-0.2, 0) is 10.9 Å². The Balaban J connectivity index is 0.000000980. The lowest BCUT2D eigenvalue weighted by atomic mass is 9.82. The maximum absolute atomic E-state index is 2.33. The van der Waals surface area contributed by atoms with E-state index in [1.807, 2.05) is 0 Å². The van der Waals surface area contributed by atoms with E-state index >= 15 is 0 Å². The summed E-state index contributed by atoms with van der Waals surface area (Å²) in [6, 6.07) is 0. The first-order valence-electron chi connectivity index (χ1n) is 6.04.